The minimum absolute atomic E-state index is 0.385. The molecule has 0 aliphatic carbocycles. The smallest absolute Gasteiger partial charge is 0.0211 e. The molecule has 1 rings (SSSR count). The zero-order chi connectivity index (χ0) is 10.6. The molecule has 1 aromatic carbocycles. The van der Waals surface area contributed by atoms with Gasteiger partial charge in [-0.15, -0.1) is 0 Å². The summed E-state index contributed by atoms with van der Waals surface area (Å²) >= 11 is 0. The van der Waals surface area contributed by atoms with Crippen molar-refractivity contribution in [1.82, 2.24) is 5.32 Å². The monoisotopic (exact) mass is 192 g/mol. The summed E-state index contributed by atoms with van der Waals surface area (Å²) in [7, 11) is 0. The van der Waals surface area contributed by atoms with E-state index in [1.165, 1.54) is 16.7 Å². The number of nitrogens with one attached hydrogen (secondary N) is 1. The zero-order valence-electron chi connectivity index (χ0n) is 9.30. The van der Waals surface area contributed by atoms with Crippen LogP contribution in [0.1, 0.15) is 23.6 Å². The molecule has 0 bridgehead atoms. The Kier molecular flexibility index (Phi) is 4.11. The average molecular weight is 192 g/mol. The van der Waals surface area contributed by atoms with Crippen molar-refractivity contribution >= 4 is 0 Å². The second-order valence-electron chi connectivity index (χ2n) is 3.95. The fourth-order valence-electron chi connectivity index (χ4n) is 1.41. The number of hydrogen-bond acceptors (Lipinski definition) is 2. The molecule has 0 spiro atoms. The fourth-order valence-corrected chi connectivity index (χ4v) is 1.41. The molecule has 1 aromatic rings. The van der Waals surface area contributed by atoms with E-state index in [0.29, 0.717) is 12.6 Å². The molecule has 0 saturated carbocycles. The quantitative estimate of drug-likeness (QED) is 0.762. The third-order valence-electron chi connectivity index (χ3n) is 2.49. The van der Waals surface area contributed by atoms with Gasteiger partial charge in [-0.05, 0) is 31.9 Å². The molecule has 0 fully saturated rings. The second kappa shape index (κ2) is 5.13. The van der Waals surface area contributed by atoms with Crippen molar-refractivity contribution in [3.05, 3.63) is 34.9 Å². The van der Waals surface area contributed by atoms with Crippen molar-refractivity contribution in [1.29, 1.82) is 0 Å². The van der Waals surface area contributed by atoms with Crippen molar-refractivity contribution in [3.8, 4) is 0 Å². The lowest BCUT2D eigenvalue weighted by Gasteiger charge is -2.13. The molecular formula is C12H20N2. The SMILES string of the molecule is Cc1ccc(CN[C@H](C)CN)c(C)c1. The first kappa shape index (κ1) is 11.2. The Hall–Kier alpha value is -0.860. The zero-order valence-corrected chi connectivity index (χ0v) is 9.30. The van der Waals surface area contributed by atoms with E-state index in [4.69, 9.17) is 5.73 Å². The summed E-state index contributed by atoms with van der Waals surface area (Å²) in [5.74, 6) is 0. The van der Waals surface area contributed by atoms with Crippen LogP contribution >= 0.6 is 0 Å². The number of aryl methyl sites for hydroxylation is 2. The third kappa shape index (κ3) is 3.13. The number of hydrogen-bond donors (Lipinski definition) is 2. The molecule has 0 radical (unpaired) electrons. The highest BCUT2D eigenvalue weighted by atomic mass is 14.9. The van der Waals surface area contributed by atoms with E-state index in [1.807, 2.05) is 0 Å². The van der Waals surface area contributed by atoms with Gasteiger partial charge >= 0.3 is 0 Å². The standard InChI is InChI=1S/C12H20N2/c1-9-4-5-12(10(2)6-9)8-14-11(3)7-13/h4-6,11,14H,7-8,13H2,1-3H3/t11-/m1/s1. The largest absolute Gasteiger partial charge is 0.329 e. The minimum Gasteiger partial charge on any atom is -0.329 e. The van der Waals surface area contributed by atoms with Crippen molar-refractivity contribution in [2.75, 3.05) is 6.54 Å². The normalized spacial score (nSPS) is 12.9. The number of nitrogens with two attached hydrogens (primary N) is 1. The lowest BCUT2D eigenvalue weighted by molar-refractivity contribution is 0.555. The first-order chi connectivity index (χ1) is 6.63. The Bertz CT molecular complexity index is 294. The predicted molar refractivity (Wildman–Crippen MR) is 61.3 cm³/mol. The number of benzene rings is 1. The van der Waals surface area contributed by atoms with Gasteiger partial charge in [0, 0.05) is 19.1 Å². The maximum atomic E-state index is 5.54. The van der Waals surface area contributed by atoms with Gasteiger partial charge in [0.1, 0.15) is 0 Å². The van der Waals surface area contributed by atoms with E-state index in [1.54, 1.807) is 0 Å². The van der Waals surface area contributed by atoms with E-state index in [0.717, 1.165) is 6.54 Å². The van der Waals surface area contributed by atoms with Crippen molar-refractivity contribution < 1.29 is 0 Å². The van der Waals surface area contributed by atoms with Crippen LogP contribution in [0.25, 0.3) is 0 Å². The molecule has 2 heteroatoms. The summed E-state index contributed by atoms with van der Waals surface area (Å²) in [4.78, 5) is 0. The van der Waals surface area contributed by atoms with Crippen LogP contribution in [-0.4, -0.2) is 12.6 Å². The first-order valence-electron chi connectivity index (χ1n) is 5.13. The first-order valence-corrected chi connectivity index (χ1v) is 5.13. The molecule has 0 aromatic heterocycles. The van der Waals surface area contributed by atoms with E-state index >= 15 is 0 Å². The van der Waals surface area contributed by atoms with Gasteiger partial charge < -0.3 is 11.1 Å². The molecule has 0 unspecified atom stereocenters. The molecule has 14 heavy (non-hydrogen) atoms. The van der Waals surface area contributed by atoms with Gasteiger partial charge in [-0.3, -0.25) is 0 Å². The molecule has 78 valence electrons. The maximum Gasteiger partial charge on any atom is 0.0211 e. The van der Waals surface area contributed by atoms with Crippen LogP contribution in [-0.2, 0) is 6.54 Å². The Labute approximate surface area is 86.5 Å². The molecule has 1 atom stereocenters. The summed E-state index contributed by atoms with van der Waals surface area (Å²) < 4.78 is 0. The fraction of sp³-hybridized carbons (Fsp3) is 0.500. The topological polar surface area (TPSA) is 38.0 Å². The van der Waals surface area contributed by atoms with E-state index in [-0.39, 0.29) is 0 Å². The van der Waals surface area contributed by atoms with Crippen LogP contribution in [0.4, 0.5) is 0 Å². The lowest BCUT2D eigenvalue weighted by atomic mass is 10.1. The lowest BCUT2D eigenvalue weighted by Crippen LogP contribution is -2.32. The van der Waals surface area contributed by atoms with Crippen LogP contribution in [0, 0.1) is 13.8 Å². The van der Waals surface area contributed by atoms with Gasteiger partial charge in [0.2, 0.25) is 0 Å². The molecule has 0 aliphatic rings. The summed E-state index contributed by atoms with van der Waals surface area (Å²) in [6, 6.07) is 6.93. The molecule has 0 heterocycles. The van der Waals surface area contributed by atoms with Crippen LogP contribution < -0.4 is 11.1 Å². The molecule has 2 nitrogen and oxygen atoms in total. The summed E-state index contributed by atoms with van der Waals surface area (Å²) in [5.41, 5.74) is 9.56. The molecule has 0 aliphatic heterocycles. The Balaban J connectivity index is 2.59. The highest BCUT2D eigenvalue weighted by molar-refractivity contribution is 5.30. The Morgan fingerprint density at radius 2 is 2.07 bits per heavy atom. The van der Waals surface area contributed by atoms with Gasteiger partial charge in [0.25, 0.3) is 0 Å². The Morgan fingerprint density at radius 3 is 2.64 bits per heavy atom. The van der Waals surface area contributed by atoms with Gasteiger partial charge in [0.05, 0.1) is 0 Å². The second-order valence-corrected chi connectivity index (χ2v) is 3.95. The predicted octanol–water partition coefficient (Wildman–Crippen LogP) is 1.74. The summed E-state index contributed by atoms with van der Waals surface area (Å²) in [5, 5.41) is 3.38. The van der Waals surface area contributed by atoms with Crippen LogP contribution in [0.15, 0.2) is 18.2 Å². The van der Waals surface area contributed by atoms with Crippen LogP contribution in [0.5, 0.6) is 0 Å². The van der Waals surface area contributed by atoms with E-state index < -0.39 is 0 Å². The molecule has 0 saturated heterocycles. The molecule has 0 amide bonds. The van der Waals surface area contributed by atoms with Crippen LogP contribution in [0.3, 0.4) is 0 Å². The summed E-state index contributed by atoms with van der Waals surface area (Å²) in [6.45, 7) is 7.96. The molecular weight excluding hydrogens is 172 g/mol. The van der Waals surface area contributed by atoms with Crippen LogP contribution in [0.2, 0.25) is 0 Å². The minimum atomic E-state index is 0.385. The maximum absolute atomic E-state index is 5.54. The van der Waals surface area contributed by atoms with Gasteiger partial charge in [0.15, 0.2) is 0 Å². The van der Waals surface area contributed by atoms with Gasteiger partial charge in [-0.1, -0.05) is 23.8 Å². The van der Waals surface area contributed by atoms with Crippen molar-refractivity contribution in [2.45, 2.75) is 33.4 Å². The average Bonchev–Trinajstić information content (AvgIpc) is 2.16. The van der Waals surface area contributed by atoms with E-state index in [2.05, 4.69) is 44.3 Å². The molecule has 3 N–H and O–H groups in total. The van der Waals surface area contributed by atoms with Gasteiger partial charge in [-0.25, -0.2) is 0 Å². The third-order valence-corrected chi connectivity index (χ3v) is 2.49. The van der Waals surface area contributed by atoms with Crippen molar-refractivity contribution in [2.24, 2.45) is 5.73 Å². The highest BCUT2D eigenvalue weighted by Gasteiger charge is 2.01. The summed E-state index contributed by atoms with van der Waals surface area (Å²) in [6.07, 6.45) is 0. The van der Waals surface area contributed by atoms with E-state index in [9.17, 15) is 0 Å². The van der Waals surface area contributed by atoms with Gasteiger partial charge in [-0.2, -0.15) is 0 Å². The highest BCUT2D eigenvalue weighted by Crippen LogP contribution is 2.10. The Morgan fingerprint density at radius 1 is 1.36 bits per heavy atom. The number of rotatable bonds is 4. The van der Waals surface area contributed by atoms with Crippen molar-refractivity contribution in [3.63, 3.8) is 0 Å².